The lowest BCUT2D eigenvalue weighted by molar-refractivity contribution is 0.200. The minimum Gasteiger partial charge on any atom is -0.492 e. The summed E-state index contributed by atoms with van der Waals surface area (Å²) in [6.45, 7) is 10.2. The summed E-state index contributed by atoms with van der Waals surface area (Å²) in [5.41, 5.74) is 0. The molecule has 0 saturated carbocycles. The van der Waals surface area contributed by atoms with Crippen LogP contribution in [0.1, 0.15) is 24.8 Å². The van der Waals surface area contributed by atoms with Gasteiger partial charge in [-0.05, 0) is 12.1 Å². The Hall–Kier alpha value is -1.66. The summed E-state index contributed by atoms with van der Waals surface area (Å²) >= 11 is 1.72. The lowest BCUT2D eigenvalue weighted by atomic mass is 10.2. The van der Waals surface area contributed by atoms with Crippen LogP contribution in [0.2, 0.25) is 0 Å². The second-order valence-electron chi connectivity index (χ2n) is 6.07. The van der Waals surface area contributed by atoms with Crippen molar-refractivity contribution in [2.75, 3.05) is 44.2 Å². The van der Waals surface area contributed by atoms with E-state index in [0.717, 1.165) is 55.2 Å². The van der Waals surface area contributed by atoms with Crippen LogP contribution in [0.4, 0.5) is 5.13 Å². The molecular weight excluding hydrogens is 308 g/mol. The quantitative estimate of drug-likeness (QED) is 0.814. The number of rotatable bonds is 6. The van der Waals surface area contributed by atoms with Crippen molar-refractivity contribution in [2.24, 2.45) is 0 Å². The van der Waals surface area contributed by atoms with Crippen molar-refractivity contribution in [3.8, 4) is 5.75 Å². The standard InChI is InChI=1S/C17H24N4OS/c1-14(2)16-18-19-17(23-16)21-10-8-20(9-11-21)12-13-22-15-6-4-3-5-7-15/h3-7,14H,8-13H2,1-2H3. The van der Waals surface area contributed by atoms with Crippen molar-refractivity contribution in [1.82, 2.24) is 15.1 Å². The number of hydrogen-bond acceptors (Lipinski definition) is 6. The van der Waals surface area contributed by atoms with E-state index >= 15 is 0 Å². The van der Waals surface area contributed by atoms with Crippen molar-refractivity contribution < 1.29 is 4.74 Å². The van der Waals surface area contributed by atoms with Crippen molar-refractivity contribution >= 4 is 16.5 Å². The van der Waals surface area contributed by atoms with Crippen molar-refractivity contribution in [1.29, 1.82) is 0 Å². The normalized spacial score (nSPS) is 16.0. The highest BCUT2D eigenvalue weighted by molar-refractivity contribution is 7.15. The highest BCUT2D eigenvalue weighted by Crippen LogP contribution is 2.26. The lowest BCUT2D eigenvalue weighted by Gasteiger charge is -2.34. The molecule has 5 nitrogen and oxygen atoms in total. The first kappa shape index (κ1) is 16.2. The third-order valence-electron chi connectivity index (χ3n) is 3.99. The topological polar surface area (TPSA) is 41.5 Å². The largest absolute Gasteiger partial charge is 0.492 e. The number of ether oxygens (including phenoxy) is 1. The molecule has 1 aliphatic heterocycles. The summed E-state index contributed by atoms with van der Waals surface area (Å²) in [5.74, 6) is 1.40. The van der Waals surface area contributed by atoms with E-state index in [1.165, 1.54) is 0 Å². The zero-order valence-corrected chi connectivity index (χ0v) is 14.6. The van der Waals surface area contributed by atoms with Gasteiger partial charge in [-0.25, -0.2) is 0 Å². The van der Waals surface area contributed by atoms with Gasteiger partial charge >= 0.3 is 0 Å². The van der Waals surface area contributed by atoms with Crippen LogP contribution in [0.3, 0.4) is 0 Å². The van der Waals surface area contributed by atoms with Gasteiger partial charge in [0.05, 0.1) is 0 Å². The van der Waals surface area contributed by atoms with Gasteiger partial charge in [0.15, 0.2) is 0 Å². The highest BCUT2D eigenvalue weighted by Gasteiger charge is 2.20. The van der Waals surface area contributed by atoms with Gasteiger partial charge in [-0.2, -0.15) is 0 Å². The summed E-state index contributed by atoms with van der Waals surface area (Å²) in [7, 11) is 0. The van der Waals surface area contributed by atoms with E-state index in [-0.39, 0.29) is 0 Å². The number of anilines is 1. The average Bonchev–Trinajstić information content (AvgIpc) is 3.07. The van der Waals surface area contributed by atoms with Gasteiger partial charge in [-0.15, -0.1) is 10.2 Å². The molecule has 0 atom stereocenters. The van der Waals surface area contributed by atoms with Gasteiger partial charge in [-0.1, -0.05) is 43.4 Å². The second-order valence-corrected chi connectivity index (χ2v) is 7.06. The van der Waals surface area contributed by atoms with Crippen LogP contribution in [0, 0.1) is 0 Å². The Morgan fingerprint density at radius 2 is 1.83 bits per heavy atom. The van der Waals surface area contributed by atoms with Crippen LogP contribution in [-0.2, 0) is 0 Å². The van der Waals surface area contributed by atoms with E-state index in [9.17, 15) is 0 Å². The predicted octanol–water partition coefficient (Wildman–Crippen LogP) is 2.86. The van der Waals surface area contributed by atoms with Crippen LogP contribution < -0.4 is 9.64 Å². The van der Waals surface area contributed by atoms with Gasteiger partial charge in [0.2, 0.25) is 5.13 Å². The molecule has 1 aromatic heterocycles. The molecule has 1 aromatic carbocycles. The molecule has 1 aliphatic rings. The number of nitrogens with zero attached hydrogens (tertiary/aromatic N) is 4. The Morgan fingerprint density at radius 1 is 1.09 bits per heavy atom. The smallest absolute Gasteiger partial charge is 0.208 e. The van der Waals surface area contributed by atoms with Gasteiger partial charge in [0, 0.05) is 38.6 Å². The van der Waals surface area contributed by atoms with Gasteiger partial charge < -0.3 is 9.64 Å². The molecule has 124 valence electrons. The molecule has 6 heteroatoms. The molecule has 2 heterocycles. The zero-order valence-electron chi connectivity index (χ0n) is 13.8. The van der Waals surface area contributed by atoms with Gasteiger partial charge in [0.25, 0.3) is 0 Å². The second kappa shape index (κ2) is 7.75. The first-order valence-corrected chi connectivity index (χ1v) is 9.02. The summed E-state index contributed by atoms with van der Waals surface area (Å²) in [6, 6.07) is 10.0. The van der Waals surface area contributed by atoms with Gasteiger partial charge in [0.1, 0.15) is 17.4 Å². The third-order valence-corrected chi connectivity index (χ3v) is 5.27. The molecule has 0 bridgehead atoms. The average molecular weight is 332 g/mol. The summed E-state index contributed by atoms with van der Waals surface area (Å²) in [6.07, 6.45) is 0. The van der Waals surface area contributed by atoms with Crippen molar-refractivity contribution in [3.63, 3.8) is 0 Å². The Balaban J connectivity index is 1.41. The molecule has 0 aliphatic carbocycles. The van der Waals surface area contributed by atoms with E-state index in [1.807, 2.05) is 30.3 Å². The van der Waals surface area contributed by atoms with Crippen LogP contribution in [0.15, 0.2) is 30.3 Å². The Labute approximate surface area is 141 Å². The van der Waals surface area contributed by atoms with E-state index in [2.05, 4.69) is 33.8 Å². The predicted molar refractivity (Wildman–Crippen MR) is 94.6 cm³/mol. The molecule has 0 unspecified atom stereocenters. The van der Waals surface area contributed by atoms with Crippen LogP contribution in [0.5, 0.6) is 5.75 Å². The fourth-order valence-corrected chi connectivity index (χ4v) is 3.46. The summed E-state index contributed by atoms with van der Waals surface area (Å²) < 4.78 is 5.77. The number of hydrogen-bond donors (Lipinski definition) is 0. The SMILES string of the molecule is CC(C)c1nnc(N2CCN(CCOc3ccccc3)CC2)s1. The van der Waals surface area contributed by atoms with E-state index in [4.69, 9.17) is 4.74 Å². The minimum atomic E-state index is 0.456. The first-order valence-electron chi connectivity index (χ1n) is 8.21. The maximum atomic E-state index is 5.77. The van der Waals surface area contributed by atoms with Gasteiger partial charge in [-0.3, -0.25) is 4.90 Å². The number of piperazine rings is 1. The maximum Gasteiger partial charge on any atom is 0.208 e. The zero-order chi connectivity index (χ0) is 16.1. The number of para-hydroxylation sites is 1. The molecule has 3 rings (SSSR count). The maximum absolute atomic E-state index is 5.77. The first-order chi connectivity index (χ1) is 11.2. The number of aromatic nitrogens is 2. The summed E-state index contributed by atoms with van der Waals surface area (Å²) in [5, 5.41) is 10.8. The molecule has 0 spiro atoms. The highest BCUT2D eigenvalue weighted by atomic mass is 32.1. The van der Waals surface area contributed by atoms with E-state index in [1.54, 1.807) is 11.3 Å². The van der Waals surface area contributed by atoms with Crippen LogP contribution in [0.25, 0.3) is 0 Å². The fourth-order valence-electron chi connectivity index (χ4n) is 2.56. The fraction of sp³-hybridized carbons (Fsp3) is 0.529. The minimum absolute atomic E-state index is 0.456. The van der Waals surface area contributed by atoms with Crippen LogP contribution in [-0.4, -0.2) is 54.4 Å². The van der Waals surface area contributed by atoms with E-state index < -0.39 is 0 Å². The molecule has 0 radical (unpaired) electrons. The Bertz CT molecular complexity index is 594. The Kier molecular flexibility index (Phi) is 5.46. The monoisotopic (exact) mass is 332 g/mol. The van der Waals surface area contributed by atoms with Crippen molar-refractivity contribution in [3.05, 3.63) is 35.3 Å². The van der Waals surface area contributed by atoms with E-state index in [0.29, 0.717) is 5.92 Å². The molecule has 1 fully saturated rings. The lowest BCUT2D eigenvalue weighted by Crippen LogP contribution is -2.47. The molecule has 2 aromatic rings. The molecule has 0 N–H and O–H groups in total. The molecule has 0 amide bonds. The molecule has 23 heavy (non-hydrogen) atoms. The van der Waals surface area contributed by atoms with Crippen molar-refractivity contribution in [2.45, 2.75) is 19.8 Å². The number of benzene rings is 1. The molecular formula is C17H24N4OS. The Morgan fingerprint density at radius 3 is 2.48 bits per heavy atom. The molecule has 1 saturated heterocycles. The van der Waals surface area contributed by atoms with Crippen LogP contribution >= 0.6 is 11.3 Å². The summed E-state index contributed by atoms with van der Waals surface area (Å²) in [4.78, 5) is 4.79. The third kappa shape index (κ3) is 4.42.